The van der Waals surface area contributed by atoms with Gasteiger partial charge in [-0.05, 0) is 31.5 Å². The van der Waals surface area contributed by atoms with Gasteiger partial charge in [-0.3, -0.25) is 19.8 Å². The van der Waals surface area contributed by atoms with Crippen LogP contribution in [0.4, 0.5) is 5.13 Å². The molecule has 1 N–H and O–H groups in total. The maximum atomic E-state index is 12.6. The van der Waals surface area contributed by atoms with Gasteiger partial charge in [0.2, 0.25) is 11.0 Å². The van der Waals surface area contributed by atoms with E-state index in [1.807, 2.05) is 67.3 Å². The molecule has 3 aromatic rings. The van der Waals surface area contributed by atoms with Crippen molar-refractivity contribution in [3.8, 4) is 10.6 Å². The number of piperazine rings is 1. The minimum atomic E-state index is -0.120. The number of carbonyl (C=O) groups is 2. The first kappa shape index (κ1) is 21.1. The van der Waals surface area contributed by atoms with E-state index in [0.29, 0.717) is 36.9 Å². The molecule has 1 saturated heterocycles. The van der Waals surface area contributed by atoms with Crippen molar-refractivity contribution in [1.82, 2.24) is 20.0 Å². The second-order valence-electron chi connectivity index (χ2n) is 7.71. The third-order valence-electron chi connectivity index (χ3n) is 5.37. The highest BCUT2D eigenvalue weighted by molar-refractivity contribution is 7.18. The maximum Gasteiger partial charge on any atom is 0.253 e. The lowest BCUT2D eigenvalue weighted by atomic mass is 10.1. The fraction of sp³-hybridized carbons (Fsp3) is 0.304. The van der Waals surface area contributed by atoms with Crippen LogP contribution in [0.15, 0.2) is 48.5 Å². The van der Waals surface area contributed by atoms with Gasteiger partial charge in [-0.2, -0.15) is 0 Å². The number of amides is 2. The Morgan fingerprint density at radius 1 is 0.968 bits per heavy atom. The molecule has 160 valence electrons. The van der Waals surface area contributed by atoms with Crippen molar-refractivity contribution in [2.75, 3.05) is 38.0 Å². The van der Waals surface area contributed by atoms with E-state index in [9.17, 15) is 9.59 Å². The summed E-state index contributed by atoms with van der Waals surface area (Å²) in [5.74, 6) is -0.0764. The van der Waals surface area contributed by atoms with E-state index in [1.165, 1.54) is 11.3 Å². The van der Waals surface area contributed by atoms with Crippen LogP contribution in [0.1, 0.15) is 21.5 Å². The van der Waals surface area contributed by atoms with Crippen LogP contribution >= 0.6 is 11.3 Å². The number of anilines is 1. The summed E-state index contributed by atoms with van der Waals surface area (Å²) in [7, 11) is 0. The average Bonchev–Trinajstić information content (AvgIpc) is 3.22. The molecule has 7 nitrogen and oxygen atoms in total. The third kappa shape index (κ3) is 5.15. The Kier molecular flexibility index (Phi) is 6.39. The molecule has 0 unspecified atom stereocenters. The Hall–Kier alpha value is -3.10. The molecule has 1 aliphatic rings. The Labute approximate surface area is 185 Å². The zero-order valence-electron chi connectivity index (χ0n) is 17.7. The first-order chi connectivity index (χ1) is 15.0. The van der Waals surface area contributed by atoms with Gasteiger partial charge in [0.25, 0.3) is 5.91 Å². The van der Waals surface area contributed by atoms with E-state index in [1.54, 1.807) is 0 Å². The number of hydrogen-bond acceptors (Lipinski definition) is 6. The van der Waals surface area contributed by atoms with Gasteiger partial charge in [-0.15, -0.1) is 10.2 Å². The molecule has 1 fully saturated rings. The summed E-state index contributed by atoms with van der Waals surface area (Å²) in [6.45, 7) is 6.84. The number of hydrogen-bond donors (Lipinski definition) is 1. The molecule has 0 aliphatic carbocycles. The summed E-state index contributed by atoms with van der Waals surface area (Å²) >= 11 is 1.37. The second-order valence-corrected chi connectivity index (χ2v) is 8.69. The van der Waals surface area contributed by atoms with Gasteiger partial charge in [0, 0.05) is 37.3 Å². The number of rotatable bonds is 5. The molecule has 2 aromatic carbocycles. The number of carbonyl (C=O) groups excluding carboxylic acids is 2. The van der Waals surface area contributed by atoms with Crippen molar-refractivity contribution in [3.63, 3.8) is 0 Å². The van der Waals surface area contributed by atoms with Crippen LogP contribution in [0.2, 0.25) is 0 Å². The highest BCUT2D eigenvalue weighted by atomic mass is 32.1. The summed E-state index contributed by atoms with van der Waals surface area (Å²) in [6, 6.07) is 15.6. The molecule has 0 radical (unpaired) electrons. The van der Waals surface area contributed by atoms with E-state index in [-0.39, 0.29) is 18.4 Å². The molecule has 1 aromatic heterocycles. The lowest BCUT2D eigenvalue weighted by molar-refractivity contribution is -0.117. The predicted octanol–water partition coefficient (Wildman–Crippen LogP) is 3.22. The molecule has 8 heteroatoms. The molecule has 0 atom stereocenters. The van der Waals surface area contributed by atoms with Crippen LogP contribution < -0.4 is 5.32 Å². The normalized spacial score (nSPS) is 14.5. The summed E-state index contributed by atoms with van der Waals surface area (Å²) in [5, 5.41) is 12.4. The topological polar surface area (TPSA) is 78.4 Å². The molecule has 0 bridgehead atoms. The third-order valence-corrected chi connectivity index (χ3v) is 6.24. The van der Waals surface area contributed by atoms with Crippen LogP contribution in [-0.2, 0) is 4.79 Å². The van der Waals surface area contributed by atoms with Gasteiger partial charge in [0.15, 0.2) is 0 Å². The lowest BCUT2D eigenvalue weighted by Gasteiger charge is -2.34. The fourth-order valence-electron chi connectivity index (χ4n) is 3.55. The highest BCUT2D eigenvalue weighted by Gasteiger charge is 2.23. The average molecular weight is 436 g/mol. The van der Waals surface area contributed by atoms with Crippen molar-refractivity contribution >= 4 is 28.3 Å². The van der Waals surface area contributed by atoms with E-state index in [2.05, 4.69) is 20.4 Å². The molecule has 2 amide bonds. The first-order valence-electron chi connectivity index (χ1n) is 10.3. The van der Waals surface area contributed by atoms with Crippen LogP contribution in [0.5, 0.6) is 0 Å². The van der Waals surface area contributed by atoms with Gasteiger partial charge in [-0.25, -0.2) is 0 Å². The molecule has 0 spiro atoms. The Bertz CT molecular complexity index is 1070. The van der Waals surface area contributed by atoms with Gasteiger partial charge in [0.1, 0.15) is 5.01 Å². The van der Waals surface area contributed by atoms with Gasteiger partial charge in [-0.1, -0.05) is 53.3 Å². The maximum absolute atomic E-state index is 12.6. The predicted molar refractivity (Wildman–Crippen MR) is 122 cm³/mol. The van der Waals surface area contributed by atoms with Gasteiger partial charge in [0.05, 0.1) is 6.54 Å². The van der Waals surface area contributed by atoms with Crippen molar-refractivity contribution in [2.24, 2.45) is 0 Å². The first-order valence-corrected chi connectivity index (χ1v) is 11.1. The largest absolute Gasteiger partial charge is 0.336 e. The summed E-state index contributed by atoms with van der Waals surface area (Å²) in [4.78, 5) is 29.0. The summed E-state index contributed by atoms with van der Waals surface area (Å²) in [6.07, 6.45) is 0. The Morgan fingerprint density at radius 3 is 2.39 bits per heavy atom. The number of benzene rings is 2. The second kappa shape index (κ2) is 9.36. The van der Waals surface area contributed by atoms with Gasteiger partial charge < -0.3 is 4.90 Å². The minimum Gasteiger partial charge on any atom is -0.336 e. The zero-order valence-corrected chi connectivity index (χ0v) is 18.5. The molecular weight excluding hydrogens is 410 g/mol. The number of nitrogens with zero attached hydrogens (tertiary/aromatic N) is 4. The van der Waals surface area contributed by atoms with Crippen LogP contribution in [-0.4, -0.2) is 64.5 Å². The molecular formula is C23H25N5O2S. The van der Waals surface area contributed by atoms with Crippen molar-refractivity contribution in [2.45, 2.75) is 13.8 Å². The van der Waals surface area contributed by atoms with Crippen LogP contribution in [0, 0.1) is 13.8 Å². The van der Waals surface area contributed by atoms with E-state index >= 15 is 0 Å². The SMILES string of the molecule is Cc1ccc(C(=O)N2CCN(CC(=O)Nc3nnc(-c4ccccc4C)s3)CC2)cc1. The Balaban J connectivity index is 1.27. The summed E-state index contributed by atoms with van der Waals surface area (Å²) < 4.78 is 0. The molecule has 0 saturated carbocycles. The molecule has 4 rings (SSSR count). The van der Waals surface area contributed by atoms with Crippen LogP contribution in [0.25, 0.3) is 10.6 Å². The summed E-state index contributed by atoms with van der Waals surface area (Å²) in [5.41, 5.74) is 3.98. The molecule has 31 heavy (non-hydrogen) atoms. The standard InChI is InChI=1S/C23H25N5O2S/c1-16-7-9-18(10-8-16)22(30)28-13-11-27(12-14-28)15-20(29)24-23-26-25-21(31-23)19-6-4-3-5-17(19)2/h3-10H,11-15H2,1-2H3,(H,24,26,29). The lowest BCUT2D eigenvalue weighted by Crippen LogP contribution is -2.50. The Morgan fingerprint density at radius 2 is 1.68 bits per heavy atom. The minimum absolute atomic E-state index is 0.0432. The van der Waals surface area contributed by atoms with Crippen LogP contribution in [0.3, 0.4) is 0 Å². The molecule has 1 aliphatic heterocycles. The fourth-order valence-corrected chi connectivity index (χ4v) is 4.40. The van der Waals surface area contributed by atoms with Crippen molar-refractivity contribution in [3.05, 3.63) is 65.2 Å². The number of aromatic nitrogens is 2. The van der Waals surface area contributed by atoms with Crippen molar-refractivity contribution < 1.29 is 9.59 Å². The van der Waals surface area contributed by atoms with E-state index < -0.39 is 0 Å². The highest BCUT2D eigenvalue weighted by Crippen LogP contribution is 2.28. The monoisotopic (exact) mass is 435 g/mol. The van der Waals surface area contributed by atoms with Crippen molar-refractivity contribution in [1.29, 1.82) is 0 Å². The van der Waals surface area contributed by atoms with E-state index in [0.717, 1.165) is 21.7 Å². The van der Waals surface area contributed by atoms with E-state index in [4.69, 9.17) is 0 Å². The molecule has 2 heterocycles. The van der Waals surface area contributed by atoms with Gasteiger partial charge >= 0.3 is 0 Å². The number of aryl methyl sites for hydroxylation is 2. The number of nitrogens with one attached hydrogen (secondary N) is 1. The quantitative estimate of drug-likeness (QED) is 0.666. The zero-order chi connectivity index (χ0) is 21.8. The smallest absolute Gasteiger partial charge is 0.253 e.